The normalized spacial score (nSPS) is 17.2. The van der Waals surface area contributed by atoms with Gasteiger partial charge in [-0.2, -0.15) is 0 Å². The zero-order valence-corrected chi connectivity index (χ0v) is 16.0. The Morgan fingerprint density at radius 1 is 1.33 bits per heavy atom. The highest BCUT2D eigenvalue weighted by atomic mass is 79.9. The van der Waals surface area contributed by atoms with Gasteiger partial charge in [-0.15, -0.1) is 5.10 Å². The fraction of sp³-hybridized carbons (Fsp3) is 0.533. The summed E-state index contributed by atoms with van der Waals surface area (Å²) in [6.07, 6.45) is 2.37. The molecule has 1 aliphatic rings. The van der Waals surface area contributed by atoms with E-state index in [9.17, 15) is 0 Å². The average molecular weight is 415 g/mol. The van der Waals surface area contributed by atoms with Crippen molar-refractivity contribution in [2.45, 2.75) is 36.4 Å². The standard InChI is InChI=1S/C15H19BrN4O3S/c1-21-13-6-10(12(16)7-14(13)22-2)9-24-15-17-18-19-20(15)8-11-4-3-5-23-11/h6-7,11H,3-5,8-9H2,1-2H3/t11-/m0/s1. The summed E-state index contributed by atoms with van der Waals surface area (Å²) < 4.78 is 19.1. The number of rotatable bonds is 7. The molecule has 130 valence electrons. The number of tetrazole rings is 1. The van der Waals surface area contributed by atoms with Crippen LogP contribution in [0.1, 0.15) is 18.4 Å². The highest BCUT2D eigenvalue weighted by molar-refractivity contribution is 9.10. The SMILES string of the molecule is COc1cc(Br)c(CSc2nnnn2C[C@@H]2CCCO2)cc1OC. The van der Waals surface area contributed by atoms with Crippen molar-refractivity contribution in [2.24, 2.45) is 0 Å². The number of hydrogen-bond acceptors (Lipinski definition) is 7. The van der Waals surface area contributed by atoms with E-state index in [1.807, 2.05) is 16.8 Å². The quantitative estimate of drug-likeness (QED) is 0.644. The van der Waals surface area contributed by atoms with Gasteiger partial charge in [0.05, 0.1) is 26.9 Å². The molecule has 0 aliphatic carbocycles. The van der Waals surface area contributed by atoms with Crippen LogP contribution in [0.15, 0.2) is 21.8 Å². The van der Waals surface area contributed by atoms with Gasteiger partial charge in [0.1, 0.15) is 0 Å². The van der Waals surface area contributed by atoms with Gasteiger partial charge in [0.15, 0.2) is 11.5 Å². The van der Waals surface area contributed by atoms with Crippen LogP contribution in [0, 0.1) is 0 Å². The topological polar surface area (TPSA) is 71.3 Å². The Bertz CT molecular complexity index is 691. The molecular formula is C15H19BrN4O3S. The minimum Gasteiger partial charge on any atom is -0.493 e. The second-order valence-corrected chi connectivity index (χ2v) is 7.16. The van der Waals surface area contributed by atoms with E-state index in [4.69, 9.17) is 14.2 Å². The maximum absolute atomic E-state index is 5.66. The molecule has 24 heavy (non-hydrogen) atoms. The van der Waals surface area contributed by atoms with Gasteiger partial charge in [-0.3, -0.25) is 0 Å². The summed E-state index contributed by atoms with van der Waals surface area (Å²) in [4.78, 5) is 0. The summed E-state index contributed by atoms with van der Waals surface area (Å²) in [5.74, 6) is 2.11. The molecule has 7 nitrogen and oxygen atoms in total. The second kappa shape index (κ2) is 8.17. The third-order valence-electron chi connectivity index (χ3n) is 3.81. The summed E-state index contributed by atoms with van der Waals surface area (Å²) in [7, 11) is 3.25. The molecule has 1 fully saturated rings. The Morgan fingerprint density at radius 2 is 2.12 bits per heavy atom. The Kier molecular flexibility index (Phi) is 5.96. The summed E-state index contributed by atoms with van der Waals surface area (Å²) in [6.45, 7) is 1.52. The molecule has 1 aliphatic heterocycles. The van der Waals surface area contributed by atoms with Gasteiger partial charge in [0.2, 0.25) is 5.16 Å². The second-order valence-electron chi connectivity index (χ2n) is 5.37. The Balaban J connectivity index is 1.69. The van der Waals surface area contributed by atoms with Gasteiger partial charge in [0, 0.05) is 16.8 Å². The van der Waals surface area contributed by atoms with Crippen LogP contribution in [-0.4, -0.2) is 47.1 Å². The van der Waals surface area contributed by atoms with Crippen molar-refractivity contribution < 1.29 is 14.2 Å². The molecule has 9 heteroatoms. The summed E-state index contributed by atoms with van der Waals surface area (Å²) in [6, 6.07) is 3.87. The van der Waals surface area contributed by atoms with E-state index >= 15 is 0 Å². The molecular weight excluding hydrogens is 396 g/mol. The van der Waals surface area contributed by atoms with Crippen molar-refractivity contribution in [3.63, 3.8) is 0 Å². The van der Waals surface area contributed by atoms with E-state index in [0.717, 1.165) is 34.6 Å². The molecule has 0 amide bonds. The van der Waals surface area contributed by atoms with Crippen molar-refractivity contribution in [2.75, 3.05) is 20.8 Å². The molecule has 1 atom stereocenters. The molecule has 3 rings (SSSR count). The largest absolute Gasteiger partial charge is 0.493 e. The highest BCUT2D eigenvalue weighted by Crippen LogP contribution is 2.35. The smallest absolute Gasteiger partial charge is 0.209 e. The number of ether oxygens (including phenoxy) is 3. The molecule has 0 spiro atoms. The van der Waals surface area contributed by atoms with Crippen molar-refractivity contribution in [1.82, 2.24) is 20.2 Å². The van der Waals surface area contributed by atoms with Crippen molar-refractivity contribution >= 4 is 27.7 Å². The van der Waals surface area contributed by atoms with Crippen molar-refractivity contribution in [3.8, 4) is 11.5 Å². The number of nitrogens with zero attached hydrogens (tertiary/aromatic N) is 4. The van der Waals surface area contributed by atoms with Crippen LogP contribution in [0.5, 0.6) is 11.5 Å². The summed E-state index contributed by atoms with van der Waals surface area (Å²) in [5, 5.41) is 12.8. The first-order valence-corrected chi connectivity index (χ1v) is 9.40. The Morgan fingerprint density at radius 3 is 2.83 bits per heavy atom. The van der Waals surface area contributed by atoms with Crippen LogP contribution in [0.3, 0.4) is 0 Å². The monoisotopic (exact) mass is 414 g/mol. The number of halogens is 1. The molecule has 0 unspecified atom stereocenters. The molecule has 1 aromatic heterocycles. The van der Waals surface area contributed by atoms with Crippen molar-refractivity contribution in [3.05, 3.63) is 22.2 Å². The number of aromatic nitrogens is 4. The number of benzene rings is 1. The van der Waals surface area contributed by atoms with Gasteiger partial charge in [0.25, 0.3) is 0 Å². The zero-order chi connectivity index (χ0) is 16.9. The first-order valence-electron chi connectivity index (χ1n) is 7.62. The predicted octanol–water partition coefficient (Wildman–Crippen LogP) is 2.92. The van der Waals surface area contributed by atoms with E-state index in [1.165, 1.54) is 0 Å². The van der Waals surface area contributed by atoms with Crippen LogP contribution in [-0.2, 0) is 17.0 Å². The van der Waals surface area contributed by atoms with Crippen LogP contribution in [0.2, 0.25) is 0 Å². The van der Waals surface area contributed by atoms with E-state index < -0.39 is 0 Å². The van der Waals surface area contributed by atoms with Gasteiger partial charge >= 0.3 is 0 Å². The number of hydrogen-bond donors (Lipinski definition) is 0. The lowest BCUT2D eigenvalue weighted by atomic mass is 10.2. The minimum absolute atomic E-state index is 0.209. The van der Waals surface area contributed by atoms with E-state index in [2.05, 4.69) is 31.5 Å². The Hall–Kier alpha value is -1.32. The van der Waals surface area contributed by atoms with Crippen LogP contribution < -0.4 is 9.47 Å². The summed E-state index contributed by atoms with van der Waals surface area (Å²) in [5.41, 5.74) is 1.09. The lowest BCUT2D eigenvalue weighted by Crippen LogP contribution is -2.16. The molecule has 1 saturated heterocycles. The molecule has 0 saturated carbocycles. The van der Waals surface area contributed by atoms with Gasteiger partial charge < -0.3 is 14.2 Å². The summed E-state index contributed by atoms with van der Waals surface area (Å²) >= 11 is 5.16. The number of methoxy groups -OCH3 is 2. The first kappa shape index (κ1) is 17.5. The number of thioether (sulfide) groups is 1. The third-order valence-corrected chi connectivity index (χ3v) is 5.55. The van der Waals surface area contributed by atoms with Gasteiger partial charge in [-0.1, -0.05) is 27.7 Å². The fourth-order valence-corrected chi connectivity index (χ4v) is 4.07. The van der Waals surface area contributed by atoms with E-state index in [0.29, 0.717) is 23.8 Å². The third kappa shape index (κ3) is 4.01. The Labute approximate surface area is 153 Å². The lowest BCUT2D eigenvalue weighted by molar-refractivity contribution is 0.0912. The molecule has 2 heterocycles. The van der Waals surface area contributed by atoms with Crippen molar-refractivity contribution in [1.29, 1.82) is 0 Å². The zero-order valence-electron chi connectivity index (χ0n) is 13.6. The molecule has 0 radical (unpaired) electrons. The van der Waals surface area contributed by atoms with Crippen LogP contribution >= 0.6 is 27.7 Å². The van der Waals surface area contributed by atoms with Crippen LogP contribution in [0.4, 0.5) is 0 Å². The highest BCUT2D eigenvalue weighted by Gasteiger charge is 2.19. The maximum atomic E-state index is 5.66. The maximum Gasteiger partial charge on any atom is 0.209 e. The molecule has 1 aromatic carbocycles. The lowest BCUT2D eigenvalue weighted by Gasteiger charge is -2.12. The average Bonchev–Trinajstić information content (AvgIpc) is 3.26. The van der Waals surface area contributed by atoms with Gasteiger partial charge in [-0.05, 0) is 41.0 Å². The molecule has 2 aromatic rings. The first-order chi connectivity index (χ1) is 11.7. The van der Waals surface area contributed by atoms with Gasteiger partial charge in [-0.25, -0.2) is 4.68 Å². The molecule has 0 N–H and O–H groups in total. The minimum atomic E-state index is 0.209. The van der Waals surface area contributed by atoms with E-state index in [-0.39, 0.29) is 6.10 Å². The van der Waals surface area contributed by atoms with E-state index in [1.54, 1.807) is 26.0 Å². The molecule has 0 bridgehead atoms. The predicted molar refractivity (Wildman–Crippen MR) is 93.6 cm³/mol. The fourth-order valence-electron chi connectivity index (χ4n) is 2.54. The van der Waals surface area contributed by atoms with Crippen LogP contribution in [0.25, 0.3) is 0 Å².